The maximum absolute atomic E-state index is 12.4. The molecule has 35 heavy (non-hydrogen) atoms. The van der Waals surface area contributed by atoms with Gasteiger partial charge < -0.3 is 4.74 Å². The number of ether oxygens (including phenoxy) is 1. The molecule has 1 heterocycles. The lowest BCUT2D eigenvalue weighted by molar-refractivity contribution is 0.444. The number of aromatic nitrogens is 2. The average Bonchev–Trinajstić information content (AvgIpc) is 2.78. The molecule has 0 unspecified atom stereocenters. The van der Waals surface area contributed by atoms with E-state index in [2.05, 4.69) is 65.4 Å². The number of hydrogen-bond acceptors (Lipinski definition) is 5. The van der Waals surface area contributed by atoms with Gasteiger partial charge in [-0.2, -0.15) is 4.98 Å². The second-order valence-electron chi connectivity index (χ2n) is 9.59. The van der Waals surface area contributed by atoms with Crippen molar-refractivity contribution in [1.29, 1.82) is 0 Å². The molecule has 0 aliphatic heterocycles. The fourth-order valence-electron chi connectivity index (χ4n) is 4.51. The van der Waals surface area contributed by atoms with Gasteiger partial charge in [0, 0.05) is 18.7 Å². The third-order valence-electron chi connectivity index (χ3n) is 7.72. The van der Waals surface area contributed by atoms with Crippen molar-refractivity contribution in [2.75, 3.05) is 6.26 Å². The molecule has 0 amide bonds. The Hall–Kier alpha value is -2.73. The van der Waals surface area contributed by atoms with Crippen LogP contribution < -0.4 is 4.74 Å². The van der Waals surface area contributed by atoms with E-state index in [0.29, 0.717) is 12.1 Å². The van der Waals surface area contributed by atoms with Crippen molar-refractivity contribution in [3.8, 4) is 11.6 Å². The van der Waals surface area contributed by atoms with E-state index < -0.39 is 9.84 Å². The van der Waals surface area contributed by atoms with Crippen molar-refractivity contribution >= 4 is 9.84 Å². The SMILES string of the molecule is C.Cc1c(C)c(C)c(Cc2cc(Oc3c(C)c(C)c(C)c(C)c3C)nc(S(C)(=O)=O)n2)c(C)c1C. The standard InChI is InChI=1S/C28H36N2O3S.CH4/c1-14-16(3)20(7)25(21(8)17(14)4)12-24-13-26(30-28(29-24)34(11,31)32)33-27-22(9)18(5)15(2)19(6)23(27)10;/h13H,12H2,1-11H3;1H4. The Kier molecular flexibility index (Phi) is 8.22. The van der Waals surface area contributed by atoms with Crippen LogP contribution in [0.15, 0.2) is 11.2 Å². The van der Waals surface area contributed by atoms with Crippen LogP contribution in [-0.4, -0.2) is 24.6 Å². The highest BCUT2D eigenvalue weighted by molar-refractivity contribution is 7.90. The molecule has 0 fully saturated rings. The van der Waals surface area contributed by atoms with Gasteiger partial charge in [0.15, 0.2) is 0 Å². The molecule has 0 N–H and O–H groups in total. The lowest BCUT2D eigenvalue weighted by Crippen LogP contribution is -2.10. The zero-order valence-electron chi connectivity index (χ0n) is 22.3. The lowest BCUT2D eigenvalue weighted by Gasteiger charge is -2.20. The summed E-state index contributed by atoms with van der Waals surface area (Å²) in [5.41, 5.74) is 13.6. The van der Waals surface area contributed by atoms with Gasteiger partial charge in [-0.05, 0) is 130 Å². The van der Waals surface area contributed by atoms with Crippen LogP contribution in [0.3, 0.4) is 0 Å². The van der Waals surface area contributed by atoms with Crippen LogP contribution in [0.1, 0.15) is 74.3 Å². The topological polar surface area (TPSA) is 69.2 Å². The minimum Gasteiger partial charge on any atom is -0.438 e. The van der Waals surface area contributed by atoms with Crippen LogP contribution in [0.2, 0.25) is 0 Å². The zero-order chi connectivity index (χ0) is 25.7. The van der Waals surface area contributed by atoms with Crippen LogP contribution in [-0.2, 0) is 16.3 Å². The molecule has 3 rings (SSSR count). The highest BCUT2D eigenvalue weighted by atomic mass is 32.2. The Morgan fingerprint density at radius 2 is 1.06 bits per heavy atom. The molecule has 0 atom stereocenters. The maximum atomic E-state index is 12.4. The van der Waals surface area contributed by atoms with E-state index in [4.69, 9.17) is 4.74 Å². The number of nitrogens with zero attached hydrogens (tertiary/aromatic N) is 2. The molecule has 0 saturated heterocycles. The Labute approximate surface area is 211 Å². The summed E-state index contributed by atoms with van der Waals surface area (Å²) in [6.45, 7) is 20.9. The van der Waals surface area contributed by atoms with Crippen molar-refractivity contribution < 1.29 is 13.2 Å². The summed E-state index contributed by atoms with van der Waals surface area (Å²) in [7, 11) is -3.62. The van der Waals surface area contributed by atoms with Gasteiger partial charge in [0.2, 0.25) is 20.9 Å². The molecule has 0 saturated carbocycles. The van der Waals surface area contributed by atoms with E-state index in [1.807, 2.05) is 13.8 Å². The van der Waals surface area contributed by atoms with Crippen molar-refractivity contribution in [2.24, 2.45) is 0 Å². The summed E-state index contributed by atoms with van der Waals surface area (Å²) in [5.74, 6) is 0.967. The van der Waals surface area contributed by atoms with E-state index >= 15 is 0 Å². The molecule has 0 radical (unpaired) electrons. The van der Waals surface area contributed by atoms with E-state index in [-0.39, 0.29) is 18.5 Å². The summed E-state index contributed by atoms with van der Waals surface area (Å²) >= 11 is 0. The predicted octanol–water partition coefficient (Wildman–Crippen LogP) is 6.98. The Balaban J connectivity index is 0.00000432. The molecule has 0 bridgehead atoms. The van der Waals surface area contributed by atoms with Gasteiger partial charge in [-0.25, -0.2) is 13.4 Å². The van der Waals surface area contributed by atoms with Crippen LogP contribution >= 0.6 is 0 Å². The predicted molar refractivity (Wildman–Crippen MR) is 145 cm³/mol. The molecule has 6 heteroatoms. The minimum absolute atomic E-state index is 0. The van der Waals surface area contributed by atoms with Crippen molar-refractivity contribution in [3.05, 3.63) is 73.0 Å². The lowest BCUT2D eigenvalue weighted by atomic mass is 9.87. The number of rotatable bonds is 5. The molecule has 2 aromatic carbocycles. The molecule has 0 spiro atoms. The van der Waals surface area contributed by atoms with Crippen LogP contribution in [0.25, 0.3) is 0 Å². The fourth-order valence-corrected chi connectivity index (χ4v) is 5.04. The third kappa shape index (κ3) is 5.27. The first-order valence-corrected chi connectivity index (χ1v) is 13.4. The average molecular weight is 497 g/mol. The Morgan fingerprint density at radius 3 is 1.49 bits per heavy atom. The summed E-state index contributed by atoms with van der Waals surface area (Å²) in [4.78, 5) is 8.70. The molecular formula is C29H40N2O3S. The van der Waals surface area contributed by atoms with Gasteiger partial charge in [0.1, 0.15) is 5.75 Å². The third-order valence-corrected chi connectivity index (χ3v) is 8.56. The summed E-state index contributed by atoms with van der Waals surface area (Å²) < 4.78 is 31.2. The van der Waals surface area contributed by atoms with Crippen LogP contribution in [0, 0.1) is 69.2 Å². The molecule has 3 aromatic rings. The van der Waals surface area contributed by atoms with E-state index in [0.717, 1.165) is 34.3 Å². The molecule has 0 aliphatic carbocycles. The first-order chi connectivity index (χ1) is 15.6. The molecule has 1 aromatic heterocycles. The Bertz CT molecular complexity index is 1270. The number of benzene rings is 2. The first kappa shape index (κ1) is 28.5. The van der Waals surface area contributed by atoms with Crippen molar-refractivity contribution in [1.82, 2.24) is 9.97 Å². The summed E-state index contributed by atoms with van der Waals surface area (Å²) in [6.07, 6.45) is 1.63. The Morgan fingerprint density at radius 1 is 0.657 bits per heavy atom. The van der Waals surface area contributed by atoms with Gasteiger partial charge in [-0.1, -0.05) is 7.43 Å². The maximum Gasteiger partial charge on any atom is 0.250 e. The quantitative estimate of drug-likeness (QED) is 0.356. The second kappa shape index (κ2) is 10.1. The van der Waals surface area contributed by atoms with Crippen LogP contribution in [0.4, 0.5) is 0 Å². The number of hydrogen-bond donors (Lipinski definition) is 0. The van der Waals surface area contributed by atoms with Gasteiger partial charge >= 0.3 is 0 Å². The van der Waals surface area contributed by atoms with Gasteiger partial charge in [0.25, 0.3) is 0 Å². The highest BCUT2D eigenvalue weighted by Gasteiger charge is 2.20. The molecular weight excluding hydrogens is 456 g/mol. The normalized spacial score (nSPS) is 11.4. The van der Waals surface area contributed by atoms with Gasteiger partial charge in [0.05, 0.1) is 5.69 Å². The van der Waals surface area contributed by atoms with E-state index in [1.54, 1.807) is 6.07 Å². The highest BCUT2D eigenvalue weighted by Crippen LogP contribution is 2.35. The largest absolute Gasteiger partial charge is 0.438 e. The fraction of sp³-hybridized carbons (Fsp3) is 0.448. The molecule has 190 valence electrons. The van der Waals surface area contributed by atoms with Crippen molar-refractivity contribution in [2.45, 2.75) is 88.2 Å². The van der Waals surface area contributed by atoms with Gasteiger partial charge in [-0.3, -0.25) is 0 Å². The second-order valence-corrected chi connectivity index (χ2v) is 11.5. The first-order valence-electron chi connectivity index (χ1n) is 11.5. The monoisotopic (exact) mass is 496 g/mol. The van der Waals surface area contributed by atoms with Crippen LogP contribution in [0.5, 0.6) is 11.6 Å². The summed E-state index contributed by atoms with van der Waals surface area (Å²) in [6, 6.07) is 1.77. The zero-order valence-corrected chi connectivity index (χ0v) is 23.1. The number of sulfone groups is 1. The van der Waals surface area contributed by atoms with Crippen molar-refractivity contribution in [3.63, 3.8) is 0 Å². The van der Waals surface area contributed by atoms with E-state index in [9.17, 15) is 8.42 Å². The van der Waals surface area contributed by atoms with E-state index in [1.165, 1.54) is 38.9 Å². The molecule has 0 aliphatic rings. The van der Waals surface area contributed by atoms with Gasteiger partial charge in [-0.15, -0.1) is 0 Å². The smallest absolute Gasteiger partial charge is 0.250 e. The summed E-state index contributed by atoms with van der Waals surface area (Å²) in [5, 5.41) is -0.216. The minimum atomic E-state index is -3.62. The molecule has 5 nitrogen and oxygen atoms in total.